The van der Waals surface area contributed by atoms with Crippen LogP contribution < -0.4 is 0 Å². The van der Waals surface area contributed by atoms with Gasteiger partial charge in [0.25, 0.3) is 0 Å². The third-order valence-electron chi connectivity index (χ3n) is 1.90. The Morgan fingerprint density at radius 3 is 2.64 bits per heavy atom. The van der Waals surface area contributed by atoms with Crippen LogP contribution in [0.4, 0.5) is 0 Å². The van der Waals surface area contributed by atoms with Gasteiger partial charge in [0, 0.05) is 12.7 Å². The van der Waals surface area contributed by atoms with E-state index in [4.69, 9.17) is 0 Å². The third-order valence-corrected chi connectivity index (χ3v) is 1.90. The van der Waals surface area contributed by atoms with Crippen molar-refractivity contribution in [3.05, 3.63) is 17.5 Å². The lowest BCUT2D eigenvalue weighted by Gasteiger charge is -1.93. The van der Waals surface area contributed by atoms with Crippen molar-refractivity contribution in [1.82, 2.24) is 9.78 Å². The molecule has 0 radical (unpaired) electrons. The maximum absolute atomic E-state index is 4.39. The summed E-state index contributed by atoms with van der Waals surface area (Å²) in [6.45, 7) is 4.34. The second-order valence-corrected chi connectivity index (χ2v) is 2.85. The van der Waals surface area contributed by atoms with Gasteiger partial charge in [0.15, 0.2) is 0 Å². The Balaban J connectivity index is 2.77. The van der Waals surface area contributed by atoms with Crippen LogP contribution in [0.15, 0.2) is 6.07 Å². The molecule has 0 saturated carbocycles. The van der Waals surface area contributed by atoms with Gasteiger partial charge in [0.1, 0.15) is 0 Å². The molecule has 0 spiro atoms. The molecule has 0 aliphatic heterocycles. The van der Waals surface area contributed by atoms with Crippen LogP contribution in [-0.4, -0.2) is 9.78 Å². The standard InChI is InChI=1S/C9H16N2/c1-4-6-8-7-9(5-2)11(3)10-8/h7H,4-6H2,1-3H3. The van der Waals surface area contributed by atoms with Crippen molar-refractivity contribution in [3.8, 4) is 0 Å². The molecule has 0 saturated heterocycles. The predicted molar refractivity (Wildman–Crippen MR) is 46.6 cm³/mol. The zero-order chi connectivity index (χ0) is 8.27. The fourth-order valence-corrected chi connectivity index (χ4v) is 1.28. The van der Waals surface area contributed by atoms with Crippen LogP contribution in [0.25, 0.3) is 0 Å². The second-order valence-electron chi connectivity index (χ2n) is 2.85. The SMILES string of the molecule is CCCc1cc(CC)n(C)n1. The fourth-order valence-electron chi connectivity index (χ4n) is 1.28. The molecule has 1 aromatic heterocycles. The molecular formula is C9H16N2. The molecule has 0 aromatic carbocycles. The van der Waals surface area contributed by atoms with Gasteiger partial charge in [0.05, 0.1) is 5.69 Å². The van der Waals surface area contributed by atoms with E-state index >= 15 is 0 Å². The topological polar surface area (TPSA) is 17.8 Å². The summed E-state index contributed by atoms with van der Waals surface area (Å²) in [5.41, 5.74) is 2.56. The van der Waals surface area contributed by atoms with Gasteiger partial charge >= 0.3 is 0 Å². The molecule has 0 fully saturated rings. The van der Waals surface area contributed by atoms with E-state index in [-0.39, 0.29) is 0 Å². The molecular weight excluding hydrogens is 136 g/mol. The molecule has 62 valence electrons. The van der Waals surface area contributed by atoms with Crippen molar-refractivity contribution in [2.24, 2.45) is 7.05 Å². The Bertz CT molecular complexity index is 225. The van der Waals surface area contributed by atoms with Gasteiger partial charge in [-0.25, -0.2) is 0 Å². The van der Waals surface area contributed by atoms with Crippen molar-refractivity contribution in [2.45, 2.75) is 33.1 Å². The summed E-state index contributed by atoms with van der Waals surface area (Å²) in [6, 6.07) is 2.20. The molecule has 1 aromatic rings. The quantitative estimate of drug-likeness (QED) is 0.647. The number of hydrogen-bond donors (Lipinski definition) is 0. The highest BCUT2D eigenvalue weighted by Crippen LogP contribution is 2.05. The molecule has 0 aliphatic rings. The minimum absolute atomic E-state index is 1.08. The molecule has 0 atom stereocenters. The van der Waals surface area contributed by atoms with Crippen LogP contribution in [0.2, 0.25) is 0 Å². The minimum atomic E-state index is 1.08. The summed E-state index contributed by atoms with van der Waals surface area (Å²) in [5.74, 6) is 0. The van der Waals surface area contributed by atoms with E-state index in [1.807, 2.05) is 11.7 Å². The Morgan fingerprint density at radius 2 is 2.18 bits per heavy atom. The minimum Gasteiger partial charge on any atom is -0.272 e. The van der Waals surface area contributed by atoms with Crippen LogP contribution in [0.3, 0.4) is 0 Å². The summed E-state index contributed by atoms with van der Waals surface area (Å²) < 4.78 is 1.98. The Hall–Kier alpha value is -0.790. The number of aryl methyl sites for hydroxylation is 3. The normalized spacial score (nSPS) is 10.5. The van der Waals surface area contributed by atoms with Crippen LogP contribution in [0.5, 0.6) is 0 Å². The summed E-state index contributed by atoms with van der Waals surface area (Å²) in [5, 5.41) is 4.39. The van der Waals surface area contributed by atoms with Crippen LogP contribution in [-0.2, 0) is 19.9 Å². The Kier molecular flexibility index (Phi) is 2.69. The molecule has 0 aliphatic carbocycles. The van der Waals surface area contributed by atoms with Gasteiger partial charge in [-0.3, -0.25) is 4.68 Å². The average molecular weight is 152 g/mol. The van der Waals surface area contributed by atoms with E-state index < -0.39 is 0 Å². The number of rotatable bonds is 3. The predicted octanol–water partition coefficient (Wildman–Crippen LogP) is 1.94. The highest BCUT2D eigenvalue weighted by atomic mass is 15.3. The van der Waals surface area contributed by atoms with Crippen molar-refractivity contribution in [3.63, 3.8) is 0 Å². The molecule has 0 bridgehead atoms. The maximum atomic E-state index is 4.39. The van der Waals surface area contributed by atoms with Gasteiger partial charge in [-0.1, -0.05) is 20.3 Å². The lowest BCUT2D eigenvalue weighted by Crippen LogP contribution is -1.96. The number of hydrogen-bond acceptors (Lipinski definition) is 1. The Labute approximate surface area is 68.2 Å². The van der Waals surface area contributed by atoms with E-state index in [9.17, 15) is 0 Å². The lowest BCUT2D eigenvalue weighted by molar-refractivity contribution is 0.698. The van der Waals surface area contributed by atoms with E-state index in [2.05, 4.69) is 25.0 Å². The van der Waals surface area contributed by atoms with Gasteiger partial charge in [0.2, 0.25) is 0 Å². The first-order chi connectivity index (χ1) is 5.27. The number of aromatic nitrogens is 2. The molecule has 11 heavy (non-hydrogen) atoms. The van der Waals surface area contributed by atoms with E-state index in [0.717, 1.165) is 12.8 Å². The van der Waals surface area contributed by atoms with Gasteiger partial charge in [-0.05, 0) is 18.9 Å². The largest absolute Gasteiger partial charge is 0.272 e. The molecule has 1 heterocycles. The second kappa shape index (κ2) is 3.56. The zero-order valence-electron chi connectivity index (χ0n) is 7.59. The first-order valence-electron chi connectivity index (χ1n) is 4.29. The van der Waals surface area contributed by atoms with Gasteiger partial charge in [-0.2, -0.15) is 5.10 Å². The van der Waals surface area contributed by atoms with Crippen LogP contribution in [0.1, 0.15) is 31.7 Å². The van der Waals surface area contributed by atoms with Crippen molar-refractivity contribution >= 4 is 0 Å². The van der Waals surface area contributed by atoms with E-state index in [1.54, 1.807) is 0 Å². The van der Waals surface area contributed by atoms with Crippen LogP contribution >= 0.6 is 0 Å². The zero-order valence-corrected chi connectivity index (χ0v) is 7.59. The summed E-state index contributed by atoms with van der Waals surface area (Å²) >= 11 is 0. The average Bonchev–Trinajstić information content (AvgIpc) is 2.32. The van der Waals surface area contributed by atoms with Gasteiger partial charge in [-0.15, -0.1) is 0 Å². The summed E-state index contributed by atoms with van der Waals surface area (Å²) in [6.07, 6.45) is 3.36. The molecule has 2 nitrogen and oxygen atoms in total. The third kappa shape index (κ3) is 1.82. The molecule has 0 N–H and O–H groups in total. The molecule has 2 heteroatoms. The molecule has 1 rings (SSSR count). The fraction of sp³-hybridized carbons (Fsp3) is 0.667. The number of nitrogens with zero attached hydrogens (tertiary/aromatic N) is 2. The smallest absolute Gasteiger partial charge is 0.0627 e. The maximum Gasteiger partial charge on any atom is 0.0627 e. The Morgan fingerprint density at radius 1 is 1.45 bits per heavy atom. The first-order valence-corrected chi connectivity index (χ1v) is 4.29. The molecule has 0 amide bonds. The highest BCUT2D eigenvalue weighted by molar-refractivity contribution is 5.09. The summed E-state index contributed by atoms with van der Waals surface area (Å²) in [7, 11) is 2.01. The van der Waals surface area contributed by atoms with E-state index in [1.165, 1.54) is 17.8 Å². The highest BCUT2D eigenvalue weighted by Gasteiger charge is 2.00. The van der Waals surface area contributed by atoms with Crippen molar-refractivity contribution in [2.75, 3.05) is 0 Å². The first kappa shape index (κ1) is 8.31. The molecule has 0 unspecified atom stereocenters. The van der Waals surface area contributed by atoms with E-state index in [0.29, 0.717) is 0 Å². The summed E-state index contributed by atoms with van der Waals surface area (Å²) in [4.78, 5) is 0. The van der Waals surface area contributed by atoms with Crippen LogP contribution in [0, 0.1) is 0 Å². The van der Waals surface area contributed by atoms with Gasteiger partial charge < -0.3 is 0 Å². The van der Waals surface area contributed by atoms with Crippen molar-refractivity contribution in [1.29, 1.82) is 0 Å². The lowest BCUT2D eigenvalue weighted by atomic mass is 10.2. The monoisotopic (exact) mass is 152 g/mol. The van der Waals surface area contributed by atoms with Crippen molar-refractivity contribution < 1.29 is 0 Å².